The molecule has 13 heteroatoms. The maximum Gasteiger partial charge on any atom is 0.416 e. The Labute approximate surface area is 201 Å². The fourth-order valence-electron chi connectivity index (χ4n) is 3.48. The van der Waals surface area contributed by atoms with E-state index in [0.29, 0.717) is 16.3 Å². The molecule has 3 aromatic heterocycles. The first-order chi connectivity index (χ1) is 16.5. The van der Waals surface area contributed by atoms with Crippen molar-refractivity contribution in [1.29, 1.82) is 0 Å². The van der Waals surface area contributed by atoms with Crippen molar-refractivity contribution in [3.8, 4) is 16.9 Å². The number of hydrogen-bond acceptors (Lipinski definition) is 6. The van der Waals surface area contributed by atoms with Gasteiger partial charge >= 0.3 is 11.9 Å². The van der Waals surface area contributed by atoms with Gasteiger partial charge in [0.05, 0.1) is 24.5 Å². The summed E-state index contributed by atoms with van der Waals surface area (Å²) >= 11 is 5.91. The lowest BCUT2D eigenvalue weighted by atomic mass is 10.1. The van der Waals surface area contributed by atoms with Crippen LogP contribution in [-0.2, 0) is 13.1 Å². The molecular weight excluding hydrogens is 489 g/mol. The van der Waals surface area contributed by atoms with E-state index in [9.17, 15) is 28.2 Å². The Morgan fingerprint density at radius 1 is 1.09 bits per heavy atom. The lowest BCUT2D eigenvalue weighted by molar-refractivity contribution is -0.207. The second-order valence-corrected chi connectivity index (χ2v) is 8.22. The maximum absolute atomic E-state index is 13.1. The van der Waals surface area contributed by atoms with Crippen LogP contribution in [0.4, 0.5) is 13.2 Å². The molecule has 0 spiro atoms. The van der Waals surface area contributed by atoms with Gasteiger partial charge in [0, 0.05) is 23.6 Å². The normalized spacial score (nSPS) is 13.7. The molecular formula is C22H20ClF3N6O3. The van der Waals surface area contributed by atoms with Crippen LogP contribution in [0.5, 0.6) is 0 Å². The first kappa shape index (κ1) is 24.6. The van der Waals surface area contributed by atoms with Crippen molar-refractivity contribution in [3.63, 3.8) is 0 Å². The van der Waals surface area contributed by atoms with Crippen LogP contribution < -0.4 is 5.69 Å². The molecule has 0 aliphatic rings. The summed E-state index contributed by atoms with van der Waals surface area (Å²) in [7, 11) is 0. The summed E-state index contributed by atoms with van der Waals surface area (Å²) in [6.45, 7) is 0.322. The first-order valence-corrected chi connectivity index (χ1v) is 10.8. The summed E-state index contributed by atoms with van der Waals surface area (Å²) in [5.74, 6) is 0.361. The van der Waals surface area contributed by atoms with Crippen molar-refractivity contribution >= 4 is 11.6 Å². The minimum absolute atomic E-state index is 0.149. The van der Waals surface area contributed by atoms with Crippen LogP contribution in [0.2, 0.25) is 5.02 Å². The molecule has 0 amide bonds. The number of nitrogens with zero attached hydrogens (tertiary/aromatic N) is 6. The fourth-order valence-corrected chi connectivity index (χ4v) is 3.61. The van der Waals surface area contributed by atoms with E-state index in [1.807, 2.05) is 0 Å². The Bertz CT molecular complexity index is 1360. The highest BCUT2D eigenvalue weighted by atomic mass is 35.5. The van der Waals surface area contributed by atoms with E-state index in [-0.39, 0.29) is 23.9 Å². The van der Waals surface area contributed by atoms with Crippen molar-refractivity contribution in [2.75, 3.05) is 0 Å². The van der Waals surface area contributed by atoms with E-state index in [1.54, 1.807) is 24.3 Å². The first-order valence-electron chi connectivity index (χ1n) is 10.4. The second kappa shape index (κ2) is 9.64. The monoisotopic (exact) mass is 508 g/mol. The summed E-state index contributed by atoms with van der Waals surface area (Å²) in [6, 6.07) is 9.50. The fraction of sp³-hybridized carbons (Fsp3) is 0.273. The number of halogens is 4. The van der Waals surface area contributed by atoms with E-state index < -0.39 is 30.6 Å². The van der Waals surface area contributed by atoms with Crippen molar-refractivity contribution in [1.82, 2.24) is 28.9 Å². The number of aliphatic hydroxyl groups is 2. The molecule has 0 unspecified atom stereocenters. The predicted molar refractivity (Wildman–Crippen MR) is 120 cm³/mol. The molecule has 3 heterocycles. The molecule has 2 atom stereocenters. The zero-order valence-electron chi connectivity index (χ0n) is 18.3. The predicted octanol–water partition coefficient (Wildman–Crippen LogP) is 2.97. The zero-order chi connectivity index (χ0) is 25.3. The smallest absolute Gasteiger partial charge is 0.385 e. The van der Waals surface area contributed by atoms with E-state index in [1.165, 1.54) is 42.3 Å². The molecule has 0 aliphatic heterocycles. The van der Waals surface area contributed by atoms with Gasteiger partial charge in [-0.15, -0.1) is 5.10 Å². The van der Waals surface area contributed by atoms with E-state index in [0.717, 1.165) is 9.13 Å². The molecule has 0 fully saturated rings. The number of alkyl halides is 3. The third kappa shape index (κ3) is 5.29. The van der Waals surface area contributed by atoms with Gasteiger partial charge in [-0.25, -0.2) is 14.5 Å². The standard InChI is InChI=1S/C22H20ClF3N6O3/c1-13(33)20-28-19(29-32(20)16-6-8-27-9-7-16)12-30-10-17(14-2-4-15(23)5-3-14)31(21(30)35)11-18(34)22(24,25)26/h2-10,13,18,33-34H,11-12H2,1H3/t13-,18-/m0/s1. The van der Waals surface area contributed by atoms with Crippen molar-refractivity contribution < 1.29 is 23.4 Å². The Balaban J connectivity index is 1.76. The highest BCUT2D eigenvalue weighted by Crippen LogP contribution is 2.25. The van der Waals surface area contributed by atoms with Gasteiger partial charge in [0.2, 0.25) is 0 Å². The van der Waals surface area contributed by atoms with Crippen molar-refractivity contribution in [3.05, 3.63) is 82.1 Å². The second-order valence-electron chi connectivity index (χ2n) is 7.78. The van der Waals surface area contributed by atoms with Crippen LogP contribution in [0.3, 0.4) is 0 Å². The lowest BCUT2D eigenvalue weighted by Gasteiger charge is -2.16. The van der Waals surface area contributed by atoms with Crippen LogP contribution in [0.25, 0.3) is 16.9 Å². The number of aromatic nitrogens is 6. The van der Waals surface area contributed by atoms with E-state index in [2.05, 4.69) is 15.1 Å². The molecule has 0 saturated heterocycles. The molecule has 184 valence electrons. The molecule has 1 aromatic carbocycles. The summed E-state index contributed by atoms with van der Waals surface area (Å²) in [6.07, 6.45) is -4.19. The van der Waals surface area contributed by atoms with Crippen LogP contribution in [-0.4, -0.2) is 51.4 Å². The third-order valence-corrected chi connectivity index (χ3v) is 5.44. The molecule has 2 N–H and O–H groups in total. The van der Waals surface area contributed by atoms with Crippen molar-refractivity contribution in [2.24, 2.45) is 0 Å². The largest absolute Gasteiger partial charge is 0.416 e. The van der Waals surface area contributed by atoms with Gasteiger partial charge < -0.3 is 10.2 Å². The maximum atomic E-state index is 13.1. The molecule has 4 rings (SSSR count). The van der Waals surface area contributed by atoms with Crippen LogP contribution >= 0.6 is 11.6 Å². The highest BCUT2D eigenvalue weighted by molar-refractivity contribution is 6.30. The Morgan fingerprint density at radius 3 is 2.34 bits per heavy atom. The van der Waals surface area contributed by atoms with Gasteiger partial charge in [-0.1, -0.05) is 23.7 Å². The van der Waals surface area contributed by atoms with Crippen LogP contribution in [0.1, 0.15) is 24.7 Å². The van der Waals surface area contributed by atoms with Gasteiger partial charge in [0.15, 0.2) is 17.8 Å². The summed E-state index contributed by atoms with van der Waals surface area (Å²) < 4.78 is 42.5. The Morgan fingerprint density at radius 2 is 1.74 bits per heavy atom. The summed E-state index contributed by atoms with van der Waals surface area (Å²) in [5, 5.41) is 24.5. The zero-order valence-corrected chi connectivity index (χ0v) is 19.0. The lowest BCUT2D eigenvalue weighted by Crippen LogP contribution is -2.37. The average molecular weight is 509 g/mol. The number of aliphatic hydroxyl groups excluding tert-OH is 2. The quantitative estimate of drug-likeness (QED) is 0.397. The van der Waals surface area contributed by atoms with Crippen LogP contribution in [0, 0.1) is 0 Å². The molecule has 0 radical (unpaired) electrons. The summed E-state index contributed by atoms with van der Waals surface area (Å²) in [5.41, 5.74) is 0.366. The average Bonchev–Trinajstić information content (AvgIpc) is 3.37. The minimum Gasteiger partial charge on any atom is -0.385 e. The molecule has 0 bridgehead atoms. The molecule has 35 heavy (non-hydrogen) atoms. The van der Waals surface area contributed by atoms with Gasteiger partial charge in [0.25, 0.3) is 0 Å². The molecule has 0 saturated carbocycles. The SMILES string of the molecule is C[C@H](O)c1nc(Cn2cc(-c3ccc(Cl)cc3)n(C[C@H](O)C(F)(F)F)c2=O)nn1-c1ccncc1. The van der Waals surface area contributed by atoms with Crippen molar-refractivity contribution in [2.45, 2.75) is 38.4 Å². The van der Waals surface area contributed by atoms with Gasteiger partial charge in [-0.3, -0.25) is 14.1 Å². The van der Waals surface area contributed by atoms with Gasteiger partial charge in [-0.2, -0.15) is 13.2 Å². The molecule has 0 aliphatic carbocycles. The number of imidazole rings is 1. The Hall–Kier alpha value is -3.48. The number of pyridine rings is 1. The molecule has 9 nitrogen and oxygen atoms in total. The number of hydrogen-bond donors (Lipinski definition) is 2. The van der Waals surface area contributed by atoms with E-state index in [4.69, 9.17) is 11.6 Å². The topological polar surface area (TPSA) is 111 Å². The number of rotatable bonds is 7. The minimum atomic E-state index is -4.91. The summed E-state index contributed by atoms with van der Waals surface area (Å²) in [4.78, 5) is 21.3. The number of benzene rings is 1. The Kier molecular flexibility index (Phi) is 6.79. The highest BCUT2D eigenvalue weighted by Gasteiger charge is 2.39. The van der Waals surface area contributed by atoms with Gasteiger partial charge in [-0.05, 0) is 36.8 Å². The third-order valence-electron chi connectivity index (χ3n) is 5.19. The van der Waals surface area contributed by atoms with E-state index >= 15 is 0 Å². The van der Waals surface area contributed by atoms with Gasteiger partial charge in [0.1, 0.15) is 6.10 Å². The van der Waals surface area contributed by atoms with Crippen LogP contribution in [0.15, 0.2) is 59.8 Å². The molecule has 4 aromatic rings.